The zero-order chi connectivity index (χ0) is 19.9. The SMILES string of the molecule is COc1ccc(C(=O)NCCN2CCC(Cc3cc(F)ccc3F)CC2)cc1. The maximum atomic E-state index is 13.8. The number of halogens is 2. The number of amides is 1. The van der Waals surface area contributed by atoms with Gasteiger partial charge in [-0.25, -0.2) is 8.78 Å². The standard InChI is InChI=1S/C22H26F2N2O2/c1-28-20-5-2-17(3-6-20)22(27)25-10-13-26-11-8-16(9-12-26)14-18-15-19(23)4-7-21(18)24/h2-7,15-16H,8-14H2,1H3,(H,25,27). The molecule has 28 heavy (non-hydrogen) atoms. The third-order valence-corrected chi connectivity index (χ3v) is 5.29. The van der Waals surface area contributed by atoms with Crippen LogP contribution in [0.1, 0.15) is 28.8 Å². The van der Waals surface area contributed by atoms with Gasteiger partial charge in [0.2, 0.25) is 0 Å². The maximum absolute atomic E-state index is 13.8. The molecule has 1 N–H and O–H groups in total. The summed E-state index contributed by atoms with van der Waals surface area (Å²) in [6.07, 6.45) is 2.47. The molecule has 1 aliphatic rings. The fourth-order valence-electron chi connectivity index (χ4n) is 3.60. The lowest BCUT2D eigenvalue weighted by Crippen LogP contribution is -2.40. The van der Waals surface area contributed by atoms with Crippen molar-refractivity contribution in [1.82, 2.24) is 10.2 Å². The van der Waals surface area contributed by atoms with E-state index in [1.54, 1.807) is 31.4 Å². The van der Waals surface area contributed by atoms with Crippen molar-refractivity contribution in [3.8, 4) is 5.75 Å². The van der Waals surface area contributed by atoms with E-state index in [4.69, 9.17) is 4.74 Å². The third kappa shape index (κ3) is 5.52. The molecule has 2 aromatic carbocycles. The molecule has 0 spiro atoms. The van der Waals surface area contributed by atoms with E-state index in [9.17, 15) is 13.6 Å². The normalized spacial score (nSPS) is 15.4. The van der Waals surface area contributed by atoms with E-state index >= 15 is 0 Å². The van der Waals surface area contributed by atoms with Gasteiger partial charge in [0.05, 0.1) is 7.11 Å². The molecule has 1 saturated heterocycles. The van der Waals surface area contributed by atoms with Crippen molar-refractivity contribution in [1.29, 1.82) is 0 Å². The van der Waals surface area contributed by atoms with Crippen LogP contribution in [0.4, 0.5) is 8.78 Å². The first kappa shape index (κ1) is 20.3. The summed E-state index contributed by atoms with van der Waals surface area (Å²) in [7, 11) is 1.59. The molecule has 0 bridgehead atoms. The molecule has 2 aromatic rings. The van der Waals surface area contributed by atoms with E-state index in [-0.39, 0.29) is 17.5 Å². The Morgan fingerprint density at radius 3 is 2.54 bits per heavy atom. The van der Waals surface area contributed by atoms with Crippen LogP contribution in [0.5, 0.6) is 5.75 Å². The molecule has 0 radical (unpaired) electrons. The van der Waals surface area contributed by atoms with Crippen molar-refractivity contribution in [2.75, 3.05) is 33.3 Å². The van der Waals surface area contributed by atoms with E-state index in [2.05, 4.69) is 10.2 Å². The molecule has 0 aliphatic carbocycles. The number of nitrogens with zero attached hydrogens (tertiary/aromatic N) is 1. The fraction of sp³-hybridized carbons (Fsp3) is 0.409. The smallest absolute Gasteiger partial charge is 0.251 e. The largest absolute Gasteiger partial charge is 0.497 e. The number of hydrogen-bond acceptors (Lipinski definition) is 3. The fourth-order valence-corrected chi connectivity index (χ4v) is 3.60. The minimum absolute atomic E-state index is 0.0980. The summed E-state index contributed by atoms with van der Waals surface area (Å²) in [4.78, 5) is 14.5. The van der Waals surface area contributed by atoms with Crippen LogP contribution in [0.3, 0.4) is 0 Å². The first-order chi connectivity index (χ1) is 13.5. The van der Waals surface area contributed by atoms with Gasteiger partial charge in [-0.15, -0.1) is 0 Å². The predicted octanol–water partition coefficient (Wildman–Crippen LogP) is 3.66. The van der Waals surface area contributed by atoms with Crippen molar-refractivity contribution in [2.24, 2.45) is 5.92 Å². The molecule has 150 valence electrons. The maximum Gasteiger partial charge on any atom is 0.251 e. The second kappa shape index (κ2) is 9.64. The molecule has 6 heteroatoms. The van der Waals surface area contributed by atoms with Gasteiger partial charge in [-0.05, 0) is 86.3 Å². The molecule has 0 atom stereocenters. The summed E-state index contributed by atoms with van der Waals surface area (Å²) in [5.41, 5.74) is 1.07. The third-order valence-electron chi connectivity index (χ3n) is 5.29. The lowest BCUT2D eigenvalue weighted by Gasteiger charge is -2.32. The summed E-state index contributed by atoms with van der Waals surface area (Å²) in [6.45, 7) is 3.16. The average molecular weight is 388 g/mol. The number of hydrogen-bond donors (Lipinski definition) is 1. The summed E-state index contributed by atoms with van der Waals surface area (Å²) >= 11 is 0. The van der Waals surface area contributed by atoms with Crippen LogP contribution in [0.2, 0.25) is 0 Å². The molecule has 4 nitrogen and oxygen atoms in total. The van der Waals surface area contributed by atoms with Crippen LogP contribution in [0.15, 0.2) is 42.5 Å². The van der Waals surface area contributed by atoms with Crippen LogP contribution in [0.25, 0.3) is 0 Å². The van der Waals surface area contributed by atoms with Gasteiger partial charge in [0.15, 0.2) is 0 Å². The van der Waals surface area contributed by atoms with Crippen molar-refractivity contribution < 1.29 is 18.3 Å². The first-order valence-corrected chi connectivity index (χ1v) is 9.63. The Kier molecular flexibility index (Phi) is 6.98. The highest BCUT2D eigenvalue weighted by atomic mass is 19.1. The van der Waals surface area contributed by atoms with Gasteiger partial charge >= 0.3 is 0 Å². The van der Waals surface area contributed by atoms with Gasteiger partial charge in [-0.3, -0.25) is 4.79 Å². The van der Waals surface area contributed by atoms with Gasteiger partial charge in [0, 0.05) is 18.7 Å². The minimum atomic E-state index is -0.388. The molecule has 0 unspecified atom stereocenters. The van der Waals surface area contributed by atoms with Crippen LogP contribution in [-0.4, -0.2) is 44.1 Å². The number of likely N-dealkylation sites (tertiary alicyclic amines) is 1. The molecule has 0 saturated carbocycles. The van der Waals surface area contributed by atoms with Crippen molar-refractivity contribution >= 4 is 5.91 Å². The Balaban J connectivity index is 1.38. The number of benzene rings is 2. The van der Waals surface area contributed by atoms with Crippen LogP contribution in [-0.2, 0) is 6.42 Å². The summed E-state index contributed by atoms with van der Waals surface area (Å²) < 4.78 is 32.2. The average Bonchev–Trinajstić information content (AvgIpc) is 2.72. The molecule has 0 aromatic heterocycles. The Bertz CT molecular complexity index is 788. The number of nitrogens with one attached hydrogen (secondary N) is 1. The lowest BCUT2D eigenvalue weighted by molar-refractivity contribution is 0.0944. The van der Waals surface area contributed by atoms with Gasteiger partial charge in [-0.2, -0.15) is 0 Å². The highest BCUT2D eigenvalue weighted by Gasteiger charge is 2.20. The van der Waals surface area contributed by atoms with Crippen molar-refractivity contribution in [3.05, 3.63) is 65.2 Å². The molecular weight excluding hydrogens is 362 g/mol. The Hall–Kier alpha value is -2.47. The quantitative estimate of drug-likeness (QED) is 0.787. The topological polar surface area (TPSA) is 41.6 Å². The molecular formula is C22H26F2N2O2. The zero-order valence-corrected chi connectivity index (χ0v) is 16.1. The number of carbonyl (C=O) groups is 1. The highest BCUT2D eigenvalue weighted by molar-refractivity contribution is 5.94. The van der Waals surface area contributed by atoms with E-state index < -0.39 is 0 Å². The minimum Gasteiger partial charge on any atom is -0.497 e. The predicted molar refractivity (Wildman–Crippen MR) is 105 cm³/mol. The highest BCUT2D eigenvalue weighted by Crippen LogP contribution is 2.23. The van der Waals surface area contributed by atoms with Crippen molar-refractivity contribution in [3.63, 3.8) is 0 Å². The number of piperidine rings is 1. The van der Waals surface area contributed by atoms with Gasteiger partial charge < -0.3 is 15.0 Å². The van der Waals surface area contributed by atoms with Crippen LogP contribution in [0, 0.1) is 17.6 Å². The van der Waals surface area contributed by atoms with E-state index in [0.29, 0.717) is 30.0 Å². The molecule has 3 rings (SSSR count). The van der Waals surface area contributed by atoms with Gasteiger partial charge in [0.1, 0.15) is 17.4 Å². The summed E-state index contributed by atoms with van der Waals surface area (Å²) in [6, 6.07) is 10.7. The van der Waals surface area contributed by atoms with Crippen LogP contribution >= 0.6 is 0 Å². The lowest BCUT2D eigenvalue weighted by atomic mass is 9.90. The summed E-state index contributed by atoms with van der Waals surface area (Å²) in [5, 5.41) is 2.94. The monoisotopic (exact) mass is 388 g/mol. The van der Waals surface area contributed by atoms with Crippen molar-refractivity contribution in [2.45, 2.75) is 19.3 Å². The number of carbonyl (C=O) groups excluding carboxylic acids is 1. The van der Waals surface area contributed by atoms with E-state index in [1.807, 2.05) is 0 Å². The number of methoxy groups -OCH3 is 1. The zero-order valence-electron chi connectivity index (χ0n) is 16.1. The second-order valence-corrected chi connectivity index (χ2v) is 7.21. The molecule has 1 heterocycles. The summed E-state index contributed by atoms with van der Waals surface area (Å²) in [5.74, 6) is 0.268. The first-order valence-electron chi connectivity index (χ1n) is 9.63. The molecule has 1 amide bonds. The van der Waals surface area contributed by atoms with E-state index in [0.717, 1.165) is 44.3 Å². The molecule has 1 fully saturated rings. The van der Waals surface area contributed by atoms with Gasteiger partial charge in [0.25, 0.3) is 5.91 Å². The number of ether oxygens (including phenoxy) is 1. The Labute approximate surface area is 164 Å². The van der Waals surface area contributed by atoms with Crippen LogP contribution < -0.4 is 10.1 Å². The number of rotatable bonds is 7. The molecule has 1 aliphatic heterocycles. The van der Waals surface area contributed by atoms with Gasteiger partial charge in [-0.1, -0.05) is 0 Å². The van der Waals surface area contributed by atoms with E-state index in [1.165, 1.54) is 12.1 Å². The Morgan fingerprint density at radius 2 is 1.86 bits per heavy atom. The Morgan fingerprint density at radius 1 is 1.14 bits per heavy atom. The second-order valence-electron chi connectivity index (χ2n) is 7.21.